The maximum absolute atomic E-state index is 6.20. The molecule has 0 heterocycles. The molecule has 2 nitrogen and oxygen atoms in total. The summed E-state index contributed by atoms with van der Waals surface area (Å²) in [6, 6.07) is 0. The van der Waals surface area contributed by atoms with Crippen LogP contribution in [-0.2, 0) is 20.1 Å². The summed E-state index contributed by atoms with van der Waals surface area (Å²) >= 11 is 0. The fourth-order valence-corrected chi connectivity index (χ4v) is 0. The predicted molar refractivity (Wildman–Crippen MR) is 24.4 cm³/mol. The average molecular weight is 266 g/mol. The Labute approximate surface area is 52.8 Å². The molecule has 0 saturated carbocycles. The molecule has 0 rings (SSSR count). The van der Waals surface area contributed by atoms with Crippen LogP contribution in [0.1, 0.15) is 6.92 Å². The van der Waals surface area contributed by atoms with Crippen molar-refractivity contribution in [3.05, 3.63) is 13.3 Å². The molecule has 0 saturated heterocycles. The molecule has 0 aromatic heterocycles. The van der Waals surface area contributed by atoms with Crippen LogP contribution in [0.25, 0.3) is 5.84 Å². The van der Waals surface area contributed by atoms with E-state index in [0.29, 0.717) is 0 Å². The Balaban J connectivity index is -0.0000000450. The molecular weight excluding hydrogens is 256 g/mol. The minimum absolute atomic E-state index is 0. The monoisotopic (exact) mass is 267 g/mol. The quantitative estimate of drug-likeness (QED) is 0.558. The van der Waals surface area contributed by atoms with Crippen molar-refractivity contribution in [3.63, 3.8) is 0 Å². The van der Waals surface area contributed by atoms with Crippen LogP contribution in [0, 0.1) is 7.43 Å². The molecule has 0 aliphatic heterocycles. The van der Waals surface area contributed by atoms with Gasteiger partial charge < -0.3 is 18.7 Å². The van der Waals surface area contributed by atoms with E-state index in [2.05, 4.69) is 5.43 Å². The molecule has 0 spiro atoms. The SMILES string of the molecule is CCN[NH-].[CH3-].[Ir]. The summed E-state index contributed by atoms with van der Waals surface area (Å²) in [5.74, 6) is 6.20. The summed E-state index contributed by atoms with van der Waals surface area (Å²) in [6.07, 6.45) is 0. The smallest absolute Gasteiger partial charge is 0 e. The number of hydrogen-bond acceptors (Lipinski definition) is 1. The second kappa shape index (κ2) is 17.6. The van der Waals surface area contributed by atoms with E-state index >= 15 is 0 Å². The Bertz CT molecular complexity index is 10.8. The molecule has 0 unspecified atom stereocenters. The van der Waals surface area contributed by atoms with E-state index in [1.54, 1.807) is 0 Å². The number of rotatable bonds is 1. The van der Waals surface area contributed by atoms with Gasteiger partial charge in [0, 0.05) is 20.1 Å². The zero-order valence-corrected chi connectivity index (χ0v) is 6.44. The van der Waals surface area contributed by atoms with Crippen molar-refractivity contribution in [2.24, 2.45) is 0 Å². The van der Waals surface area contributed by atoms with Gasteiger partial charge in [0.25, 0.3) is 0 Å². The second-order valence-electron chi connectivity index (χ2n) is 0.530. The Morgan fingerprint density at radius 1 is 1.67 bits per heavy atom. The summed E-state index contributed by atoms with van der Waals surface area (Å²) in [7, 11) is 0. The van der Waals surface area contributed by atoms with Gasteiger partial charge in [-0.3, -0.25) is 0 Å². The fraction of sp³-hybridized carbons (Fsp3) is 0.667. The largest absolute Gasteiger partial charge is 0.613 e. The van der Waals surface area contributed by atoms with E-state index in [4.69, 9.17) is 5.84 Å². The molecule has 0 fully saturated rings. The van der Waals surface area contributed by atoms with Crippen LogP contribution in [-0.4, -0.2) is 6.54 Å². The molecule has 43 valence electrons. The van der Waals surface area contributed by atoms with E-state index in [1.807, 2.05) is 6.92 Å². The van der Waals surface area contributed by atoms with Gasteiger partial charge >= 0.3 is 0 Å². The summed E-state index contributed by atoms with van der Waals surface area (Å²) in [5, 5.41) is 0. The van der Waals surface area contributed by atoms with Gasteiger partial charge in [-0.15, -0.1) is 0 Å². The molecular formula is C3H10IrN2-2. The first-order valence-electron chi connectivity index (χ1n) is 1.31. The third kappa shape index (κ3) is 23.6. The maximum Gasteiger partial charge on any atom is 0 e. The first-order chi connectivity index (χ1) is 1.91. The van der Waals surface area contributed by atoms with Gasteiger partial charge in [-0.2, -0.15) is 0 Å². The topological polar surface area (TPSA) is 35.8 Å². The Morgan fingerprint density at radius 3 is 1.83 bits per heavy atom. The normalized spacial score (nSPS) is 5.00. The van der Waals surface area contributed by atoms with Crippen LogP contribution in [0.3, 0.4) is 0 Å². The summed E-state index contributed by atoms with van der Waals surface area (Å²) < 4.78 is 0. The fourth-order valence-electron chi connectivity index (χ4n) is 0. The predicted octanol–water partition coefficient (Wildman–Crippen LogP) is 1.01. The molecule has 2 N–H and O–H groups in total. The molecule has 0 aromatic carbocycles. The molecule has 0 amide bonds. The van der Waals surface area contributed by atoms with Gasteiger partial charge in [0.1, 0.15) is 0 Å². The van der Waals surface area contributed by atoms with Crippen molar-refractivity contribution in [1.29, 1.82) is 0 Å². The maximum atomic E-state index is 6.20. The second-order valence-corrected chi connectivity index (χ2v) is 0.530. The first kappa shape index (κ1) is 16.0. The number of nitrogens with one attached hydrogen (secondary N) is 2. The third-order valence-electron chi connectivity index (χ3n) is 0.177. The van der Waals surface area contributed by atoms with Gasteiger partial charge in [0.2, 0.25) is 0 Å². The molecule has 0 bridgehead atoms. The van der Waals surface area contributed by atoms with E-state index in [1.165, 1.54) is 0 Å². The van der Waals surface area contributed by atoms with Crippen LogP contribution in [0.4, 0.5) is 0 Å². The van der Waals surface area contributed by atoms with Gasteiger partial charge in [-0.05, 0) is 6.54 Å². The first-order valence-corrected chi connectivity index (χ1v) is 1.31. The zero-order valence-electron chi connectivity index (χ0n) is 4.04. The van der Waals surface area contributed by atoms with Crippen molar-refractivity contribution in [2.75, 3.05) is 6.54 Å². The van der Waals surface area contributed by atoms with E-state index in [-0.39, 0.29) is 27.5 Å². The minimum Gasteiger partial charge on any atom is -0.613 e. The summed E-state index contributed by atoms with van der Waals surface area (Å²) in [5.41, 5.74) is 2.18. The van der Waals surface area contributed by atoms with Gasteiger partial charge in [0.15, 0.2) is 0 Å². The van der Waals surface area contributed by atoms with Gasteiger partial charge in [0.05, 0.1) is 0 Å². The molecule has 1 radical (unpaired) electrons. The van der Waals surface area contributed by atoms with Crippen LogP contribution in [0.5, 0.6) is 0 Å². The van der Waals surface area contributed by atoms with Crippen LogP contribution >= 0.6 is 0 Å². The molecule has 0 atom stereocenters. The molecule has 6 heavy (non-hydrogen) atoms. The summed E-state index contributed by atoms with van der Waals surface area (Å²) in [4.78, 5) is 0. The van der Waals surface area contributed by atoms with Crippen molar-refractivity contribution in [1.82, 2.24) is 5.43 Å². The average Bonchev–Trinajstić information content (AvgIpc) is 1.37. The third-order valence-corrected chi connectivity index (χ3v) is 0.177. The zero-order chi connectivity index (χ0) is 3.41. The van der Waals surface area contributed by atoms with Crippen molar-refractivity contribution in [2.45, 2.75) is 6.92 Å². The van der Waals surface area contributed by atoms with Crippen LogP contribution < -0.4 is 5.43 Å². The molecule has 0 aromatic rings. The van der Waals surface area contributed by atoms with E-state index in [0.717, 1.165) is 6.54 Å². The van der Waals surface area contributed by atoms with Crippen molar-refractivity contribution < 1.29 is 20.1 Å². The standard InChI is InChI=1S/C2H7N2.CH3.Ir/c1-2-4-3;;/h3-4H,2H2,1H3;1H3;/q2*-1;. The minimum atomic E-state index is 0. The van der Waals surface area contributed by atoms with Crippen molar-refractivity contribution >= 4 is 0 Å². The Kier molecular flexibility index (Phi) is 47.0. The van der Waals surface area contributed by atoms with Crippen molar-refractivity contribution in [3.8, 4) is 0 Å². The molecule has 0 aliphatic carbocycles. The number of hydrogen-bond donors (Lipinski definition) is 1. The molecule has 0 aliphatic rings. The molecule has 3 heteroatoms. The Morgan fingerprint density at radius 2 is 1.83 bits per heavy atom. The van der Waals surface area contributed by atoms with Crippen LogP contribution in [0.2, 0.25) is 0 Å². The van der Waals surface area contributed by atoms with E-state index in [9.17, 15) is 0 Å². The Hall–Kier alpha value is 0.569. The summed E-state index contributed by atoms with van der Waals surface area (Å²) in [6.45, 7) is 2.62. The van der Waals surface area contributed by atoms with Crippen LogP contribution in [0.15, 0.2) is 0 Å². The van der Waals surface area contributed by atoms with E-state index < -0.39 is 0 Å². The van der Waals surface area contributed by atoms with Gasteiger partial charge in [-0.1, -0.05) is 6.92 Å². The van der Waals surface area contributed by atoms with Gasteiger partial charge in [-0.25, -0.2) is 0 Å².